The highest BCUT2D eigenvalue weighted by Crippen LogP contribution is 2.12. The van der Waals surface area contributed by atoms with Crippen LogP contribution in [0.3, 0.4) is 0 Å². The lowest BCUT2D eigenvalue weighted by molar-refractivity contribution is 0.748. The van der Waals surface area contributed by atoms with Gasteiger partial charge in [-0.15, -0.1) is 0 Å². The average Bonchev–Trinajstić information content (AvgIpc) is 1.88. The quantitative estimate of drug-likeness (QED) is 0.583. The van der Waals surface area contributed by atoms with E-state index in [0.717, 1.165) is 12.1 Å². The Morgan fingerprint density at radius 2 is 2.50 bits per heavy atom. The molecule has 0 saturated carbocycles. The molecule has 0 aromatic carbocycles. The standard InChI is InChI=1S/C8H14N2/c1-6-3-4-8(7(2)9)10-5-6/h4-7H,3,9H2,1-2H3. The third-order valence-corrected chi connectivity index (χ3v) is 1.64. The number of nitrogens with two attached hydrogens (primary N) is 1. The minimum Gasteiger partial charge on any atom is -0.323 e. The molecule has 1 aliphatic rings. The molecule has 0 aromatic rings. The summed E-state index contributed by atoms with van der Waals surface area (Å²) < 4.78 is 0. The number of allylic oxidation sites excluding steroid dienone is 1. The molecule has 0 spiro atoms. The third kappa shape index (κ3) is 1.67. The van der Waals surface area contributed by atoms with Crippen LogP contribution in [0.2, 0.25) is 0 Å². The molecule has 0 amide bonds. The van der Waals surface area contributed by atoms with Gasteiger partial charge >= 0.3 is 0 Å². The zero-order valence-corrected chi connectivity index (χ0v) is 6.54. The molecule has 0 bridgehead atoms. The van der Waals surface area contributed by atoms with E-state index in [-0.39, 0.29) is 6.04 Å². The second-order valence-corrected chi connectivity index (χ2v) is 2.91. The third-order valence-electron chi connectivity index (χ3n) is 1.64. The van der Waals surface area contributed by atoms with Gasteiger partial charge in [-0.05, 0) is 19.3 Å². The fourth-order valence-electron chi connectivity index (χ4n) is 0.937. The van der Waals surface area contributed by atoms with Crippen molar-refractivity contribution in [3.05, 3.63) is 11.8 Å². The minimum absolute atomic E-state index is 0.0868. The molecule has 10 heavy (non-hydrogen) atoms. The molecule has 0 aromatic heterocycles. The Morgan fingerprint density at radius 1 is 1.80 bits per heavy atom. The van der Waals surface area contributed by atoms with Crippen LogP contribution in [0.25, 0.3) is 0 Å². The summed E-state index contributed by atoms with van der Waals surface area (Å²) in [5, 5.41) is 0. The lowest BCUT2D eigenvalue weighted by atomic mass is 10.0. The molecule has 0 fully saturated rings. The first-order valence-electron chi connectivity index (χ1n) is 3.70. The van der Waals surface area contributed by atoms with Crippen molar-refractivity contribution < 1.29 is 0 Å². The van der Waals surface area contributed by atoms with Crippen molar-refractivity contribution in [2.45, 2.75) is 26.3 Å². The van der Waals surface area contributed by atoms with Crippen LogP contribution in [0.4, 0.5) is 0 Å². The summed E-state index contributed by atoms with van der Waals surface area (Å²) in [6.07, 6.45) is 5.17. The van der Waals surface area contributed by atoms with Crippen LogP contribution in [0.5, 0.6) is 0 Å². The van der Waals surface area contributed by atoms with Crippen LogP contribution in [-0.2, 0) is 0 Å². The Morgan fingerprint density at radius 3 is 2.90 bits per heavy atom. The van der Waals surface area contributed by atoms with Gasteiger partial charge in [-0.3, -0.25) is 4.99 Å². The lowest BCUT2D eigenvalue weighted by Gasteiger charge is -2.12. The normalized spacial score (nSPS) is 27.9. The molecule has 2 nitrogen and oxygen atoms in total. The highest BCUT2D eigenvalue weighted by atomic mass is 14.8. The maximum Gasteiger partial charge on any atom is 0.0524 e. The van der Waals surface area contributed by atoms with E-state index in [4.69, 9.17) is 5.73 Å². The van der Waals surface area contributed by atoms with Crippen molar-refractivity contribution in [2.75, 3.05) is 0 Å². The summed E-state index contributed by atoms with van der Waals surface area (Å²) in [7, 11) is 0. The second kappa shape index (κ2) is 2.97. The van der Waals surface area contributed by atoms with Gasteiger partial charge in [0.1, 0.15) is 0 Å². The molecular weight excluding hydrogens is 124 g/mol. The summed E-state index contributed by atoms with van der Waals surface area (Å²) in [4.78, 5) is 4.22. The van der Waals surface area contributed by atoms with Crippen LogP contribution in [-0.4, -0.2) is 12.3 Å². The molecule has 1 aliphatic heterocycles. The predicted molar refractivity (Wildman–Crippen MR) is 44.0 cm³/mol. The molecule has 1 heterocycles. The zero-order chi connectivity index (χ0) is 7.56. The van der Waals surface area contributed by atoms with E-state index >= 15 is 0 Å². The van der Waals surface area contributed by atoms with Gasteiger partial charge in [0.05, 0.1) is 5.70 Å². The summed E-state index contributed by atoms with van der Waals surface area (Å²) in [6, 6.07) is 0.0868. The monoisotopic (exact) mass is 138 g/mol. The number of hydrogen-bond donors (Lipinski definition) is 1. The van der Waals surface area contributed by atoms with Gasteiger partial charge in [-0.2, -0.15) is 0 Å². The summed E-state index contributed by atoms with van der Waals surface area (Å²) in [6.45, 7) is 4.11. The van der Waals surface area contributed by atoms with Crippen LogP contribution in [0, 0.1) is 5.92 Å². The number of hydrogen-bond acceptors (Lipinski definition) is 2. The Balaban J connectivity index is 2.59. The van der Waals surface area contributed by atoms with Gasteiger partial charge < -0.3 is 5.73 Å². The SMILES string of the molecule is CC1C=NC(C(C)N)=CC1. The molecule has 0 saturated heterocycles. The molecule has 0 radical (unpaired) electrons. The summed E-state index contributed by atoms with van der Waals surface area (Å²) >= 11 is 0. The van der Waals surface area contributed by atoms with Gasteiger partial charge in [0.15, 0.2) is 0 Å². The van der Waals surface area contributed by atoms with Gasteiger partial charge in [0.25, 0.3) is 0 Å². The molecule has 2 unspecified atom stereocenters. The van der Waals surface area contributed by atoms with Crippen molar-refractivity contribution in [3.63, 3.8) is 0 Å². The van der Waals surface area contributed by atoms with Crippen molar-refractivity contribution >= 4 is 6.21 Å². The molecule has 1 rings (SSSR count). The van der Waals surface area contributed by atoms with E-state index < -0.39 is 0 Å². The zero-order valence-electron chi connectivity index (χ0n) is 6.54. The van der Waals surface area contributed by atoms with Gasteiger partial charge in [0, 0.05) is 12.3 Å². The topological polar surface area (TPSA) is 38.4 Å². The predicted octanol–water partition coefficient (Wildman–Crippen LogP) is 1.33. The first kappa shape index (κ1) is 7.48. The average molecular weight is 138 g/mol. The molecule has 56 valence electrons. The molecule has 2 heteroatoms. The highest BCUT2D eigenvalue weighted by Gasteiger charge is 2.06. The Bertz CT molecular complexity index is 168. The number of aliphatic imine (C=N–C) groups is 1. The van der Waals surface area contributed by atoms with Crippen molar-refractivity contribution in [1.82, 2.24) is 0 Å². The Labute approximate surface area is 61.8 Å². The second-order valence-electron chi connectivity index (χ2n) is 2.91. The van der Waals surface area contributed by atoms with Gasteiger partial charge in [-0.25, -0.2) is 0 Å². The Kier molecular flexibility index (Phi) is 2.22. The molecule has 2 N–H and O–H groups in total. The van der Waals surface area contributed by atoms with Crippen LogP contribution in [0.15, 0.2) is 16.8 Å². The molecule has 2 atom stereocenters. The fraction of sp³-hybridized carbons (Fsp3) is 0.625. The molecule has 0 aliphatic carbocycles. The van der Waals surface area contributed by atoms with Gasteiger partial charge in [0.2, 0.25) is 0 Å². The molecular formula is C8H14N2. The van der Waals surface area contributed by atoms with E-state index in [2.05, 4.69) is 18.0 Å². The number of nitrogens with zero attached hydrogens (tertiary/aromatic N) is 1. The maximum atomic E-state index is 5.63. The van der Waals surface area contributed by atoms with E-state index in [0.29, 0.717) is 5.92 Å². The first-order chi connectivity index (χ1) is 4.70. The largest absolute Gasteiger partial charge is 0.323 e. The highest BCUT2D eigenvalue weighted by molar-refractivity contribution is 5.63. The van der Waals surface area contributed by atoms with Crippen molar-refractivity contribution in [3.8, 4) is 0 Å². The Hall–Kier alpha value is -0.630. The van der Waals surface area contributed by atoms with Crippen LogP contribution in [0.1, 0.15) is 20.3 Å². The van der Waals surface area contributed by atoms with Gasteiger partial charge in [-0.1, -0.05) is 13.0 Å². The fourth-order valence-corrected chi connectivity index (χ4v) is 0.937. The lowest BCUT2D eigenvalue weighted by Crippen LogP contribution is -2.19. The van der Waals surface area contributed by atoms with E-state index in [9.17, 15) is 0 Å². The number of rotatable bonds is 1. The summed E-state index contributed by atoms with van der Waals surface area (Å²) in [5.74, 6) is 0.586. The van der Waals surface area contributed by atoms with E-state index in [1.54, 1.807) is 0 Å². The first-order valence-corrected chi connectivity index (χ1v) is 3.70. The van der Waals surface area contributed by atoms with E-state index in [1.807, 2.05) is 13.1 Å². The minimum atomic E-state index is 0.0868. The maximum absolute atomic E-state index is 5.63. The smallest absolute Gasteiger partial charge is 0.0524 e. The van der Waals surface area contributed by atoms with E-state index in [1.165, 1.54) is 0 Å². The van der Waals surface area contributed by atoms with Crippen molar-refractivity contribution in [2.24, 2.45) is 16.6 Å². The van der Waals surface area contributed by atoms with Crippen LogP contribution >= 0.6 is 0 Å². The van der Waals surface area contributed by atoms with Crippen molar-refractivity contribution in [1.29, 1.82) is 0 Å². The summed E-state index contributed by atoms with van der Waals surface area (Å²) in [5.41, 5.74) is 6.66. The van der Waals surface area contributed by atoms with Crippen LogP contribution < -0.4 is 5.73 Å².